The third-order valence-electron chi connectivity index (χ3n) is 5.58. The highest BCUT2D eigenvalue weighted by Gasteiger charge is 2.46. The zero-order valence-electron chi connectivity index (χ0n) is 15.1. The van der Waals surface area contributed by atoms with E-state index < -0.39 is 0 Å². The molecular weight excluding hydrogens is 360 g/mol. The average molecular weight is 383 g/mol. The third kappa shape index (κ3) is 3.35. The molecule has 6 nitrogen and oxygen atoms in total. The van der Waals surface area contributed by atoms with Gasteiger partial charge in [-0.25, -0.2) is 0 Å². The van der Waals surface area contributed by atoms with E-state index in [1.54, 1.807) is 12.4 Å². The van der Waals surface area contributed by atoms with E-state index in [4.69, 9.17) is 11.6 Å². The number of hydrogen-bond donors (Lipinski definition) is 3. The zero-order valence-corrected chi connectivity index (χ0v) is 15.9. The Balaban J connectivity index is 1.34. The van der Waals surface area contributed by atoms with Gasteiger partial charge in [0.1, 0.15) is 0 Å². The molecule has 140 valence electrons. The topological polar surface area (TPSA) is 65.1 Å². The zero-order chi connectivity index (χ0) is 18.3. The molecule has 1 aromatic heterocycles. The monoisotopic (exact) mass is 382 g/mol. The molecule has 0 radical (unpaired) electrons. The van der Waals surface area contributed by atoms with Crippen molar-refractivity contribution in [2.75, 3.05) is 26.2 Å². The Bertz CT molecular complexity index is 933. The highest BCUT2D eigenvalue weighted by molar-refractivity contribution is 6.30. The van der Waals surface area contributed by atoms with Crippen molar-refractivity contribution in [2.24, 2.45) is 0 Å². The van der Waals surface area contributed by atoms with Crippen LogP contribution in [0.1, 0.15) is 18.4 Å². The minimum absolute atomic E-state index is 0.315. The second-order valence-corrected chi connectivity index (χ2v) is 8.01. The number of nitrogens with zero attached hydrogens (tertiary/aromatic N) is 3. The van der Waals surface area contributed by atoms with Crippen LogP contribution in [-0.2, 0) is 6.54 Å². The normalized spacial score (nSPS) is 21.2. The van der Waals surface area contributed by atoms with Gasteiger partial charge >= 0.3 is 0 Å². The molecule has 3 N–H and O–H groups in total. The SMILES string of the molecule is ClC1=C(N2CCNC3(CC3)C2)C(NCc2ccc3nccnc3c2)=CNC1. The number of nitrogens with one attached hydrogen (secondary N) is 3. The number of piperazine rings is 1. The van der Waals surface area contributed by atoms with Crippen molar-refractivity contribution < 1.29 is 0 Å². The molecular formula is C20H23ClN6. The summed E-state index contributed by atoms with van der Waals surface area (Å²) in [4.78, 5) is 11.2. The molecule has 1 saturated carbocycles. The molecule has 7 heteroatoms. The van der Waals surface area contributed by atoms with Gasteiger partial charge in [-0.05, 0) is 30.5 Å². The number of benzene rings is 1. The Kier molecular flexibility index (Phi) is 4.17. The molecule has 1 aliphatic carbocycles. The summed E-state index contributed by atoms with van der Waals surface area (Å²) in [6.07, 6.45) is 8.02. The minimum atomic E-state index is 0.315. The molecule has 1 aromatic carbocycles. The smallest absolute Gasteiger partial charge is 0.0890 e. The van der Waals surface area contributed by atoms with Crippen LogP contribution >= 0.6 is 11.6 Å². The van der Waals surface area contributed by atoms with Crippen molar-refractivity contribution in [1.29, 1.82) is 0 Å². The molecule has 2 aliphatic heterocycles. The summed E-state index contributed by atoms with van der Waals surface area (Å²) in [5.41, 5.74) is 5.52. The van der Waals surface area contributed by atoms with E-state index in [2.05, 4.69) is 43.0 Å². The molecule has 2 fully saturated rings. The van der Waals surface area contributed by atoms with Crippen molar-refractivity contribution in [1.82, 2.24) is 30.8 Å². The Hall–Kier alpha value is -2.31. The number of hydrogen-bond acceptors (Lipinski definition) is 6. The Morgan fingerprint density at radius 1 is 1.19 bits per heavy atom. The van der Waals surface area contributed by atoms with E-state index in [0.29, 0.717) is 18.6 Å². The van der Waals surface area contributed by atoms with Gasteiger partial charge in [-0.1, -0.05) is 17.7 Å². The predicted octanol–water partition coefficient (Wildman–Crippen LogP) is 2.05. The van der Waals surface area contributed by atoms with Crippen LogP contribution < -0.4 is 16.0 Å². The van der Waals surface area contributed by atoms with Crippen LogP contribution in [0.25, 0.3) is 11.0 Å². The predicted molar refractivity (Wildman–Crippen MR) is 107 cm³/mol. The Labute approximate surface area is 163 Å². The van der Waals surface area contributed by atoms with Crippen molar-refractivity contribution >= 4 is 22.6 Å². The first kappa shape index (κ1) is 16.8. The second kappa shape index (κ2) is 6.69. The fourth-order valence-corrected chi connectivity index (χ4v) is 4.27. The highest BCUT2D eigenvalue weighted by atomic mass is 35.5. The molecule has 0 bridgehead atoms. The quantitative estimate of drug-likeness (QED) is 0.752. The van der Waals surface area contributed by atoms with Crippen LogP contribution in [0.15, 0.2) is 53.2 Å². The van der Waals surface area contributed by atoms with Crippen LogP contribution in [0.4, 0.5) is 0 Å². The van der Waals surface area contributed by atoms with E-state index in [1.165, 1.54) is 18.4 Å². The summed E-state index contributed by atoms with van der Waals surface area (Å²) >= 11 is 6.64. The third-order valence-corrected chi connectivity index (χ3v) is 5.89. The Morgan fingerprint density at radius 2 is 2.04 bits per heavy atom. The van der Waals surface area contributed by atoms with Crippen LogP contribution in [-0.4, -0.2) is 46.6 Å². The van der Waals surface area contributed by atoms with Gasteiger partial charge in [-0.2, -0.15) is 0 Å². The van der Waals surface area contributed by atoms with Gasteiger partial charge in [0.25, 0.3) is 0 Å². The van der Waals surface area contributed by atoms with Crippen LogP contribution in [0.2, 0.25) is 0 Å². The van der Waals surface area contributed by atoms with Crippen molar-refractivity contribution in [3.63, 3.8) is 0 Å². The van der Waals surface area contributed by atoms with Gasteiger partial charge in [-0.15, -0.1) is 0 Å². The first-order valence-corrected chi connectivity index (χ1v) is 9.86. The number of rotatable bonds is 4. The van der Waals surface area contributed by atoms with E-state index in [9.17, 15) is 0 Å². The molecule has 0 atom stereocenters. The van der Waals surface area contributed by atoms with Crippen molar-refractivity contribution in [3.8, 4) is 0 Å². The highest BCUT2D eigenvalue weighted by Crippen LogP contribution is 2.39. The summed E-state index contributed by atoms with van der Waals surface area (Å²) in [5.74, 6) is 0. The lowest BCUT2D eigenvalue weighted by atomic mass is 10.1. The fraction of sp³-hybridized carbons (Fsp3) is 0.400. The number of aromatic nitrogens is 2. The molecule has 2 aromatic rings. The molecule has 0 unspecified atom stereocenters. The summed E-state index contributed by atoms with van der Waals surface area (Å²) in [5, 5.41) is 11.4. The second-order valence-electron chi connectivity index (χ2n) is 7.55. The lowest BCUT2D eigenvalue weighted by molar-refractivity contribution is 0.233. The number of halogens is 1. The molecule has 5 rings (SSSR count). The summed E-state index contributed by atoms with van der Waals surface area (Å²) < 4.78 is 0. The molecule has 0 amide bonds. The lowest BCUT2D eigenvalue weighted by Gasteiger charge is -2.39. The number of dihydropyridines is 1. The fourth-order valence-electron chi connectivity index (χ4n) is 3.97. The van der Waals surface area contributed by atoms with Crippen LogP contribution in [0, 0.1) is 0 Å². The molecule has 3 heterocycles. The first-order chi connectivity index (χ1) is 13.2. The molecule has 1 spiro atoms. The summed E-state index contributed by atoms with van der Waals surface area (Å²) in [6, 6.07) is 6.20. The summed E-state index contributed by atoms with van der Waals surface area (Å²) in [7, 11) is 0. The van der Waals surface area contributed by atoms with E-state index in [1.807, 2.05) is 12.3 Å². The minimum Gasteiger partial charge on any atom is -0.384 e. The maximum atomic E-state index is 6.64. The molecule has 27 heavy (non-hydrogen) atoms. The van der Waals surface area contributed by atoms with Gasteiger partial charge in [0.2, 0.25) is 0 Å². The molecule has 1 saturated heterocycles. The van der Waals surface area contributed by atoms with Crippen molar-refractivity contribution in [3.05, 3.63) is 58.8 Å². The van der Waals surface area contributed by atoms with Crippen LogP contribution in [0.3, 0.4) is 0 Å². The number of fused-ring (bicyclic) bond motifs is 1. The van der Waals surface area contributed by atoms with E-state index in [-0.39, 0.29) is 0 Å². The van der Waals surface area contributed by atoms with Crippen LogP contribution in [0.5, 0.6) is 0 Å². The van der Waals surface area contributed by atoms with Gasteiger partial charge in [0.15, 0.2) is 0 Å². The van der Waals surface area contributed by atoms with Crippen molar-refractivity contribution in [2.45, 2.75) is 24.9 Å². The van der Waals surface area contributed by atoms with E-state index >= 15 is 0 Å². The Morgan fingerprint density at radius 3 is 2.89 bits per heavy atom. The molecule has 3 aliphatic rings. The van der Waals surface area contributed by atoms with Gasteiger partial charge in [-0.3, -0.25) is 9.97 Å². The van der Waals surface area contributed by atoms with E-state index in [0.717, 1.165) is 47.1 Å². The van der Waals surface area contributed by atoms with Gasteiger partial charge in [0, 0.05) is 50.3 Å². The maximum Gasteiger partial charge on any atom is 0.0890 e. The maximum absolute atomic E-state index is 6.64. The first-order valence-electron chi connectivity index (χ1n) is 9.49. The summed E-state index contributed by atoms with van der Waals surface area (Å²) in [6.45, 7) is 4.42. The van der Waals surface area contributed by atoms with Gasteiger partial charge < -0.3 is 20.9 Å². The average Bonchev–Trinajstić information content (AvgIpc) is 3.44. The standard InChI is InChI=1S/C20H23ClN6/c21-15-11-22-12-18(19(15)27-8-7-26-20(13-27)3-4-20)25-10-14-1-2-16-17(9-14)24-6-5-23-16/h1-2,5-6,9,12,22,25-26H,3-4,7-8,10-11,13H2. The lowest BCUT2D eigenvalue weighted by Crippen LogP contribution is -2.53. The van der Waals surface area contributed by atoms with Gasteiger partial charge in [0.05, 0.1) is 34.0 Å². The largest absolute Gasteiger partial charge is 0.384 e.